The highest BCUT2D eigenvalue weighted by molar-refractivity contribution is 7.99. The second-order valence-electron chi connectivity index (χ2n) is 6.41. The van der Waals surface area contributed by atoms with Crippen LogP contribution in [0.5, 0.6) is 0 Å². The standard InChI is InChI=1S/C15H24N4O3S2/c16-11-15(3-1-2-4-15)18-14(20)13-9-12(10-17-13)24(21,22)19-5-7-23-8-6-19/h9-10,17H,1-8,11,16H2,(H,18,20). The average Bonchev–Trinajstić information content (AvgIpc) is 3.26. The first kappa shape index (κ1) is 17.8. The highest BCUT2D eigenvalue weighted by atomic mass is 32.2. The van der Waals surface area contributed by atoms with Gasteiger partial charge in [0.05, 0.1) is 5.54 Å². The summed E-state index contributed by atoms with van der Waals surface area (Å²) in [6.07, 6.45) is 5.23. The molecule has 3 rings (SSSR count). The predicted octanol–water partition coefficient (Wildman–Crippen LogP) is 0.754. The maximum Gasteiger partial charge on any atom is 0.268 e. The van der Waals surface area contributed by atoms with Gasteiger partial charge in [0.1, 0.15) is 10.6 Å². The number of carbonyl (C=O) groups is 1. The Balaban J connectivity index is 1.74. The summed E-state index contributed by atoms with van der Waals surface area (Å²) in [5, 5.41) is 3.00. The highest BCUT2D eigenvalue weighted by Gasteiger charge is 2.35. The number of H-pyrrole nitrogens is 1. The Kier molecular flexibility index (Phi) is 5.24. The molecule has 2 heterocycles. The van der Waals surface area contributed by atoms with Gasteiger partial charge in [-0.25, -0.2) is 8.42 Å². The molecule has 0 aromatic carbocycles. The van der Waals surface area contributed by atoms with E-state index >= 15 is 0 Å². The minimum Gasteiger partial charge on any atom is -0.356 e. The quantitative estimate of drug-likeness (QED) is 0.707. The lowest BCUT2D eigenvalue weighted by Crippen LogP contribution is -2.51. The lowest BCUT2D eigenvalue weighted by molar-refractivity contribution is 0.0898. The molecule has 1 saturated heterocycles. The fraction of sp³-hybridized carbons (Fsp3) is 0.667. The van der Waals surface area contributed by atoms with Crippen LogP contribution in [0.3, 0.4) is 0 Å². The molecule has 1 amide bonds. The SMILES string of the molecule is NCC1(NC(=O)c2cc(S(=O)(=O)N3CCSCC3)c[nH]2)CCCC1. The molecule has 0 atom stereocenters. The Morgan fingerprint density at radius 3 is 2.62 bits per heavy atom. The van der Waals surface area contributed by atoms with Crippen LogP contribution in [0, 0.1) is 0 Å². The normalized spacial score (nSPS) is 21.7. The summed E-state index contributed by atoms with van der Waals surface area (Å²) in [7, 11) is -3.54. The molecule has 2 fully saturated rings. The summed E-state index contributed by atoms with van der Waals surface area (Å²) >= 11 is 1.75. The Morgan fingerprint density at radius 1 is 1.33 bits per heavy atom. The minimum absolute atomic E-state index is 0.146. The van der Waals surface area contributed by atoms with Gasteiger partial charge in [-0.2, -0.15) is 16.1 Å². The van der Waals surface area contributed by atoms with Crippen molar-refractivity contribution in [1.82, 2.24) is 14.6 Å². The fourth-order valence-corrected chi connectivity index (χ4v) is 5.90. The van der Waals surface area contributed by atoms with Crippen LogP contribution < -0.4 is 11.1 Å². The molecule has 1 aliphatic carbocycles. The molecule has 0 spiro atoms. The maximum absolute atomic E-state index is 12.6. The topological polar surface area (TPSA) is 108 Å². The van der Waals surface area contributed by atoms with Crippen LogP contribution in [0.1, 0.15) is 36.2 Å². The van der Waals surface area contributed by atoms with Crippen molar-refractivity contribution < 1.29 is 13.2 Å². The van der Waals surface area contributed by atoms with E-state index in [2.05, 4.69) is 10.3 Å². The Morgan fingerprint density at radius 2 is 2.00 bits per heavy atom. The van der Waals surface area contributed by atoms with E-state index in [1.165, 1.54) is 16.6 Å². The van der Waals surface area contributed by atoms with Crippen molar-refractivity contribution in [1.29, 1.82) is 0 Å². The van der Waals surface area contributed by atoms with Gasteiger partial charge in [-0.1, -0.05) is 12.8 Å². The van der Waals surface area contributed by atoms with Gasteiger partial charge in [-0.05, 0) is 18.9 Å². The summed E-state index contributed by atoms with van der Waals surface area (Å²) < 4.78 is 26.7. The predicted molar refractivity (Wildman–Crippen MR) is 94.6 cm³/mol. The molecule has 0 unspecified atom stereocenters. The molecule has 1 saturated carbocycles. The van der Waals surface area contributed by atoms with Crippen LogP contribution in [-0.2, 0) is 10.0 Å². The van der Waals surface area contributed by atoms with Gasteiger partial charge in [-0.15, -0.1) is 0 Å². The van der Waals surface area contributed by atoms with Gasteiger partial charge >= 0.3 is 0 Å². The van der Waals surface area contributed by atoms with Gasteiger partial charge < -0.3 is 16.0 Å². The number of rotatable bonds is 5. The molecule has 2 aliphatic rings. The van der Waals surface area contributed by atoms with Gasteiger partial charge in [-0.3, -0.25) is 4.79 Å². The van der Waals surface area contributed by atoms with Crippen molar-refractivity contribution >= 4 is 27.7 Å². The molecule has 24 heavy (non-hydrogen) atoms. The van der Waals surface area contributed by atoms with E-state index in [0.717, 1.165) is 37.2 Å². The Hall–Kier alpha value is -1.03. The number of thioether (sulfide) groups is 1. The van der Waals surface area contributed by atoms with Gasteiger partial charge in [0.25, 0.3) is 5.91 Å². The number of hydrogen-bond donors (Lipinski definition) is 3. The Bertz CT molecular complexity index is 689. The molecule has 1 aromatic heterocycles. The number of hydrogen-bond acceptors (Lipinski definition) is 5. The number of nitrogens with one attached hydrogen (secondary N) is 2. The van der Waals surface area contributed by atoms with E-state index < -0.39 is 10.0 Å². The highest BCUT2D eigenvalue weighted by Crippen LogP contribution is 2.29. The smallest absolute Gasteiger partial charge is 0.268 e. The van der Waals surface area contributed by atoms with Crippen LogP contribution in [0.25, 0.3) is 0 Å². The van der Waals surface area contributed by atoms with Crippen LogP contribution in [0.2, 0.25) is 0 Å². The number of nitrogens with zero attached hydrogens (tertiary/aromatic N) is 1. The molecular weight excluding hydrogens is 348 g/mol. The van der Waals surface area contributed by atoms with Crippen molar-refractivity contribution in [2.45, 2.75) is 36.1 Å². The summed E-state index contributed by atoms with van der Waals surface area (Å²) in [6.45, 7) is 1.42. The second kappa shape index (κ2) is 7.07. The minimum atomic E-state index is -3.54. The largest absolute Gasteiger partial charge is 0.356 e. The maximum atomic E-state index is 12.6. The number of sulfonamides is 1. The Labute approximate surface area is 146 Å². The lowest BCUT2D eigenvalue weighted by Gasteiger charge is -2.28. The van der Waals surface area contributed by atoms with Crippen molar-refractivity contribution in [3.05, 3.63) is 18.0 Å². The molecule has 1 aromatic rings. The second-order valence-corrected chi connectivity index (χ2v) is 9.57. The molecular formula is C15H24N4O3S2. The van der Waals surface area contributed by atoms with Crippen molar-refractivity contribution in [2.75, 3.05) is 31.1 Å². The summed E-state index contributed by atoms with van der Waals surface area (Å²) in [4.78, 5) is 15.4. The first-order chi connectivity index (χ1) is 11.5. The zero-order chi connectivity index (χ0) is 17.2. The van der Waals surface area contributed by atoms with Crippen LogP contribution in [0.4, 0.5) is 0 Å². The van der Waals surface area contributed by atoms with Crippen molar-refractivity contribution in [3.63, 3.8) is 0 Å². The third-order valence-corrected chi connectivity index (χ3v) is 7.66. The summed E-state index contributed by atoms with van der Waals surface area (Å²) in [6, 6.07) is 1.42. The van der Waals surface area contributed by atoms with E-state index in [1.54, 1.807) is 11.8 Å². The molecule has 0 radical (unpaired) electrons. The monoisotopic (exact) mass is 372 g/mol. The van der Waals surface area contributed by atoms with E-state index in [4.69, 9.17) is 5.73 Å². The average molecular weight is 373 g/mol. The summed E-state index contributed by atoms with van der Waals surface area (Å²) in [5.74, 6) is 1.31. The third kappa shape index (κ3) is 3.49. The first-order valence-corrected chi connectivity index (χ1v) is 10.9. The third-order valence-electron chi connectivity index (χ3n) is 4.84. The van der Waals surface area contributed by atoms with Crippen molar-refractivity contribution in [3.8, 4) is 0 Å². The van der Waals surface area contributed by atoms with Crippen molar-refractivity contribution in [2.24, 2.45) is 5.73 Å². The van der Waals surface area contributed by atoms with E-state index in [-0.39, 0.29) is 22.0 Å². The van der Waals surface area contributed by atoms with Crippen LogP contribution >= 0.6 is 11.8 Å². The fourth-order valence-electron chi connectivity index (χ4n) is 3.33. The molecule has 9 heteroatoms. The molecule has 7 nitrogen and oxygen atoms in total. The zero-order valence-corrected chi connectivity index (χ0v) is 15.2. The number of aromatic amines is 1. The van der Waals surface area contributed by atoms with Crippen LogP contribution in [-0.4, -0.2) is 60.3 Å². The number of nitrogens with two attached hydrogens (primary N) is 1. The lowest BCUT2D eigenvalue weighted by atomic mass is 9.97. The van der Waals surface area contributed by atoms with E-state index in [0.29, 0.717) is 19.6 Å². The summed E-state index contributed by atoms with van der Waals surface area (Å²) in [5.41, 5.74) is 5.75. The number of aromatic nitrogens is 1. The first-order valence-electron chi connectivity index (χ1n) is 8.26. The molecule has 134 valence electrons. The molecule has 4 N–H and O–H groups in total. The van der Waals surface area contributed by atoms with Gasteiger partial charge in [0.15, 0.2) is 0 Å². The van der Waals surface area contributed by atoms with E-state index in [9.17, 15) is 13.2 Å². The number of amides is 1. The van der Waals surface area contributed by atoms with Gasteiger partial charge in [0.2, 0.25) is 10.0 Å². The molecule has 0 bridgehead atoms. The van der Waals surface area contributed by atoms with Crippen LogP contribution in [0.15, 0.2) is 17.2 Å². The zero-order valence-electron chi connectivity index (χ0n) is 13.6. The van der Waals surface area contributed by atoms with Gasteiger partial charge in [0, 0.05) is 37.3 Å². The number of carbonyl (C=O) groups excluding carboxylic acids is 1. The molecule has 1 aliphatic heterocycles. The van der Waals surface area contributed by atoms with E-state index in [1.807, 2.05) is 0 Å².